The van der Waals surface area contributed by atoms with E-state index in [0.717, 1.165) is 36.4 Å². The molecule has 132 valence electrons. The molecule has 2 heterocycles. The highest BCUT2D eigenvalue weighted by Gasteiger charge is 2.70. The Morgan fingerprint density at radius 2 is 2.08 bits per heavy atom. The first kappa shape index (κ1) is 16.3. The van der Waals surface area contributed by atoms with Gasteiger partial charge in [0.1, 0.15) is 5.54 Å². The van der Waals surface area contributed by atoms with Crippen LogP contribution in [-0.4, -0.2) is 34.4 Å². The van der Waals surface area contributed by atoms with Crippen molar-refractivity contribution in [2.75, 3.05) is 11.9 Å². The largest absolute Gasteiger partial charge is 0.377 e. The lowest BCUT2D eigenvalue weighted by Gasteiger charge is -2.65. The standard InChI is InChI=1S/C19H24N4O2/c1-18(2)16-14(4-3-11-25-16)19(18,20)17(24)22-13-7-5-12(6-8-13)15-9-10-21-23-15/h5-10,14,16H,3-4,11,20H2,1-2H3,(H,21,23)(H,22,24). The molecule has 1 aromatic heterocycles. The maximum absolute atomic E-state index is 13.0. The third-order valence-corrected chi connectivity index (χ3v) is 6.01. The van der Waals surface area contributed by atoms with Crippen molar-refractivity contribution >= 4 is 11.6 Å². The number of H-pyrrole nitrogens is 1. The van der Waals surface area contributed by atoms with Crippen molar-refractivity contribution < 1.29 is 9.53 Å². The molecule has 1 aromatic carbocycles. The van der Waals surface area contributed by atoms with Crippen LogP contribution in [0.25, 0.3) is 11.3 Å². The van der Waals surface area contributed by atoms with Crippen LogP contribution in [0.15, 0.2) is 36.5 Å². The van der Waals surface area contributed by atoms with E-state index < -0.39 is 5.54 Å². The van der Waals surface area contributed by atoms with Crippen molar-refractivity contribution in [3.63, 3.8) is 0 Å². The highest BCUT2D eigenvalue weighted by molar-refractivity contribution is 6.00. The van der Waals surface area contributed by atoms with Crippen molar-refractivity contribution in [1.29, 1.82) is 0 Å². The first-order chi connectivity index (χ1) is 11.9. The van der Waals surface area contributed by atoms with E-state index in [1.165, 1.54) is 0 Å². The quantitative estimate of drug-likeness (QED) is 0.800. The Kier molecular flexibility index (Phi) is 3.70. The van der Waals surface area contributed by atoms with Gasteiger partial charge in [-0.3, -0.25) is 9.89 Å². The minimum Gasteiger partial charge on any atom is -0.377 e. The van der Waals surface area contributed by atoms with Crippen LogP contribution < -0.4 is 11.1 Å². The van der Waals surface area contributed by atoms with Crippen LogP contribution in [0.2, 0.25) is 0 Å². The average Bonchev–Trinajstić information content (AvgIpc) is 3.16. The molecule has 4 rings (SSSR count). The number of aromatic nitrogens is 2. The molecular formula is C19H24N4O2. The molecule has 1 amide bonds. The highest BCUT2D eigenvalue weighted by Crippen LogP contribution is 2.57. The number of benzene rings is 1. The molecule has 3 atom stereocenters. The lowest BCUT2D eigenvalue weighted by atomic mass is 9.46. The molecule has 1 saturated heterocycles. The summed E-state index contributed by atoms with van der Waals surface area (Å²) in [4.78, 5) is 13.0. The number of aromatic amines is 1. The van der Waals surface area contributed by atoms with Gasteiger partial charge >= 0.3 is 0 Å². The van der Waals surface area contributed by atoms with Gasteiger partial charge in [-0.05, 0) is 36.6 Å². The minimum absolute atomic E-state index is 0.0692. The van der Waals surface area contributed by atoms with Crippen molar-refractivity contribution in [1.82, 2.24) is 10.2 Å². The van der Waals surface area contributed by atoms with Gasteiger partial charge in [0.25, 0.3) is 0 Å². The summed E-state index contributed by atoms with van der Waals surface area (Å²) in [7, 11) is 0. The Hall–Kier alpha value is -2.18. The Labute approximate surface area is 147 Å². The second-order valence-corrected chi connectivity index (χ2v) is 7.63. The van der Waals surface area contributed by atoms with Gasteiger partial charge in [-0.1, -0.05) is 26.0 Å². The monoisotopic (exact) mass is 340 g/mol. The highest BCUT2D eigenvalue weighted by atomic mass is 16.5. The third-order valence-electron chi connectivity index (χ3n) is 6.01. The average molecular weight is 340 g/mol. The van der Waals surface area contributed by atoms with Gasteiger partial charge in [-0.15, -0.1) is 0 Å². The Bertz CT molecular complexity index is 769. The number of hydrogen-bond acceptors (Lipinski definition) is 4. The number of carbonyl (C=O) groups excluding carboxylic acids is 1. The normalized spacial score (nSPS) is 30.2. The molecule has 1 saturated carbocycles. The molecule has 6 heteroatoms. The van der Waals surface area contributed by atoms with Crippen LogP contribution in [0.4, 0.5) is 5.69 Å². The number of ether oxygens (including phenoxy) is 1. The maximum Gasteiger partial charge on any atom is 0.245 e. The number of nitrogens with one attached hydrogen (secondary N) is 2. The summed E-state index contributed by atoms with van der Waals surface area (Å²) >= 11 is 0. The molecule has 2 aliphatic rings. The first-order valence-electron chi connectivity index (χ1n) is 8.76. The Morgan fingerprint density at radius 3 is 2.76 bits per heavy atom. The van der Waals surface area contributed by atoms with E-state index in [-0.39, 0.29) is 23.3 Å². The van der Waals surface area contributed by atoms with Crippen LogP contribution >= 0.6 is 0 Å². The van der Waals surface area contributed by atoms with E-state index in [1.807, 2.05) is 44.2 Å². The smallest absolute Gasteiger partial charge is 0.245 e. The van der Waals surface area contributed by atoms with Gasteiger partial charge < -0.3 is 15.8 Å². The zero-order valence-electron chi connectivity index (χ0n) is 14.6. The van der Waals surface area contributed by atoms with Crippen LogP contribution in [0.3, 0.4) is 0 Å². The minimum atomic E-state index is -0.903. The van der Waals surface area contributed by atoms with Gasteiger partial charge in [-0.25, -0.2) is 0 Å². The van der Waals surface area contributed by atoms with Crippen LogP contribution in [-0.2, 0) is 9.53 Å². The summed E-state index contributed by atoms with van der Waals surface area (Å²) in [6.07, 6.45) is 3.68. The van der Waals surface area contributed by atoms with Gasteiger partial charge in [0.2, 0.25) is 5.91 Å². The van der Waals surface area contributed by atoms with Crippen LogP contribution in [0.5, 0.6) is 0 Å². The number of hydrogen-bond donors (Lipinski definition) is 3. The molecule has 2 fully saturated rings. The van der Waals surface area contributed by atoms with Crippen molar-refractivity contribution in [3.8, 4) is 11.3 Å². The molecule has 6 nitrogen and oxygen atoms in total. The molecule has 0 bridgehead atoms. The molecule has 25 heavy (non-hydrogen) atoms. The summed E-state index contributed by atoms with van der Waals surface area (Å²) in [6.45, 7) is 4.82. The molecule has 4 N–H and O–H groups in total. The summed E-state index contributed by atoms with van der Waals surface area (Å²) in [5.41, 5.74) is 8.05. The van der Waals surface area contributed by atoms with E-state index in [4.69, 9.17) is 10.5 Å². The number of amides is 1. The van der Waals surface area contributed by atoms with E-state index >= 15 is 0 Å². The third kappa shape index (κ3) is 2.32. The first-order valence-corrected chi connectivity index (χ1v) is 8.76. The number of nitrogens with zero attached hydrogens (tertiary/aromatic N) is 1. The van der Waals surface area contributed by atoms with Gasteiger partial charge in [0.05, 0.1) is 11.8 Å². The zero-order valence-corrected chi connectivity index (χ0v) is 14.6. The molecule has 0 radical (unpaired) electrons. The molecular weight excluding hydrogens is 316 g/mol. The van der Waals surface area contributed by atoms with Crippen LogP contribution in [0.1, 0.15) is 26.7 Å². The number of fused-ring (bicyclic) bond motifs is 1. The van der Waals surface area contributed by atoms with Gasteiger partial charge in [0.15, 0.2) is 0 Å². The van der Waals surface area contributed by atoms with Gasteiger partial charge in [0, 0.05) is 29.8 Å². The maximum atomic E-state index is 13.0. The summed E-state index contributed by atoms with van der Waals surface area (Å²) in [5.74, 6) is -0.0425. The van der Waals surface area contributed by atoms with E-state index in [9.17, 15) is 4.79 Å². The van der Waals surface area contributed by atoms with Crippen LogP contribution in [0, 0.1) is 11.3 Å². The number of carbonyl (C=O) groups is 1. The SMILES string of the molecule is CC1(C)C2OCCCC2C1(N)C(=O)Nc1ccc(-c2ccn[nH]2)cc1. The van der Waals surface area contributed by atoms with Crippen molar-refractivity contribution in [2.45, 2.75) is 38.3 Å². The molecule has 2 aromatic rings. The number of rotatable bonds is 3. The lowest BCUT2D eigenvalue weighted by Crippen LogP contribution is -2.81. The fourth-order valence-electron chi connectivity index (χ4n) is 4.42. The lowest BCUT2D eigenvalue weighted by molar-refractivity contribution is -0.222. The topological polar surface area (TPSA) is 93.0 Å². The second-order valence-electron chi connectivity index (χ2n) is 7.63. The molecule has 3 unspecified atom stereocenters. The van der Waals surface area contributed by atoms with E-state index in [1.54, 1.807) is 6.20 Å². The summed E-state index contributed by atoms with van der Waals surface area (Å²) in [6, 6.07) is 9.58. The molecule has 1 aliphatic carbocycles. The Morgan fingerprint density at radius 1 is 1.32 bits per heavy atom. The fourth-order valence-corrected chi connectivity index (χ4v) is 4.42. The predicted octanol–water partition coefficient (Wildman–Crippen LogP) is 2.55. The fraction of sp³-hybridized carbons (Fsp3) is 0.474. The Balaban J connectivity index is 1.52. The summed E-state index contributed by atoms with van der Waals surface area (Å²) in [5, 5.41) is 9.88. The predicted molar refractivity (Wildman–Crippen MR) is 95.8 cm³/mol. The number of anilines is 1. The van der Waals surface area contributed by atoms with Crippen molar-refractivity contribution in [2.24, 2.45) is 17.1 Å². The number of nitrogens with two attached hydrogens (primary N) is 1. The van der Waals surface area contributed by atoms with Crippen molar-refractivity contribution in [3.05, 3.63) is 36.5 Å². The van der Waals surface area contributed by atoms with E-state index in [0.29, 0.717) is 0 Å². The zero-order chi connectivity index (χ0) is 17.7. The molecule has 0 spiro atoms. The summed E-state index contributed by atoms with van der Waals surface area (Å²) < 4.78 is 5.88. The second kappa shape index (κ2) is 5.68. The molecule has 1 aliphatic heterocycles. The van der Waals surface area contributed by atoms with E-state index in [2.05, 4.69) is 15.5 Å². The van der Waals surface area contributed by atoms with Gasteiger partial charge in [-0.2, -0.15) is 5.10 Å².